The molecule has 2 aliphatic heterocycles. The van der Waals surface area contributed by atoms with Crippen LogP contribution in [-0.4, -0.2) is 106 Å². The van der Waals surface area contributed by atoms with Crippen molar-refractivity contribution in [1.29, 1.82) is 0 Å². The van der Waals surface area contributed by atoms with E-state index in [1.807, 2.05) is 89.8 Å². The zero-order chi connectivity index (χ0) is 56.0. The van der Waals surface area contributed by atoms with E-state index in [4.69, 9.17) is 19.9 Å². The molecule has 13 nitrogen and oxygen atoms in total. The molecule has 0 spiro atoms. The molecule has 0 aliphatic carbocycles. The van der Waals surface area contributed by atoms with E-state index in [1.54, 1.807) is 12.1 Å². The molecule has 2 heterocycles. The molecule has 16 heteroatoms. The molecule has 78 heavy (non-hydrogen) atoms. The van der Waals surface area contributed by atoms with Gasteiger partial charge in [-0.15, -0.1) is 24.0 Å². The van der Waals surface area contributed by atoms with Gasteiger partial charge < -0.3 is 55.3 Å². The molecule has 2 fully saturated rings. The minimum atomic E-state index is -0.426. The van der Waals surface area contributed by atoms with Crippen LogP contribution in [0.2, 0.25) is 0 Å². The van der Waals surface area contributed by atoms with Crippen molar-refractivity contribution in [3.63, 3.8) is 0 Å². The smallest absolute Gasteiger partial charge is 0.407 e. The second kappa shape index (κ2) is 37.4. The number of methoxy groups -OCH3 is 1. The summed E-state index contributed by atoms with van der Waals surface area (Å²) < 4.78 is 47.3. The summed E-state index contributed by atoms with van der Waals surface area (Å²) >= 11 is 0. The van der Waals surface area contributed by atoms with Crippen molar-refractivity contribution in [3.8, 4) is 17.2 Å². The van der Waals surface area contributed by atoms with Gasteiger partial charge in [-0.1, -0.05) is 102 Å². The zero-order valence-corrected chi connectivity index (χ0v) is 50.1. The highest BCUT2D eigenvalue weighted by molar-refractivity contribution is 14.0. The van der Waals surface area contributed by atoms with Gasteiger partial charge >= 0.3 is 12.1 Å². The molecule has 0 bridgehead atoms. The Kier molecular flexibility index (Phi) is 32.0. The molecule has 0 saturated carbocycles. The second-order valence-electron chi connectivity index (χ2n) is 21.1. The molecule has 0 aromatic heterocycles. The number of hydrogen-bond acceptors (Lipinski definition) is 10. The first-order valence-corrected chi connectivity index (χ1v) is 27.3. The molecule has 5 N–H and O–H groups in total. The molecule has 5 aromatic rings. The number of nitrogens with one attached hydrogen (secondary N) is 3. The van der Waals surface area contributed by atoms with E-state index in [-0.39, 0.29) is 47.7 Å². The molecule has 0 radical (unpaired) electrons. The second-order valence-corrected chi connectivity index (χ2v) is 21.1. The van der Waals surface area contributed by atoms with Crippen LogP contribution in [-0.2, 0) is 37.5 Å². The van der Waals surface area contributed by atoms with Crippen LogP contribution in [0.5, 0.6) is 17.2 Å². The summed E-state index contributed by atoms with van der Waals surface area (Å²) in [4.78, 5) is 30.5. The number of ether oxygens (including phenoxy) is 4. The number of nitrogens with two attached hydrogens (primary N) is 1. The SMILES string of the molecule is CC(C)COc1ccc(CN)cc1.CC(C)COc1ccc(CNC(=O)N(Cc2ccc(F)cc2)C2CCN(C)CC2)cc1.CN1CCC(NCc2ccc(F)cc2)CC1.COC(=O)NCc1ccc(OCC(C)C)cc1.I. The Labute approximate surface area is 482 Å². The highest BCUT2D eigenvalue weighted by atomic mass is 127. The number of likely N-dealkylation sites (tertiary alicyclic amines) is 2. The minimum absolute atomic E-state index is 0. The predicted molar refractivity (Wildman–Crippen MR) is 321 cm³/mol. The van der Waals surface area contributed by atoms with Crippen LogP contribution in [0.4, 0.5) is 18.4 Å². The third kappa shape index (κ3) is 27.9. The summed E-state index contributed by atoms with van der Waals surface area (Å²) in [6.45, 7) is 22.0. The fourth-order valence-electron chi connectivity index (χ4n) is 7.98. The molecule has 2 saturated heterocycles. The van der Waals surface area contributed by atoms with Crippen LogP contribution in [0.15, 0.2) is 121 Å². The maximum Gasteiger partial charge on any atom is 0.407 e. The highest BCUT2D eigenvalue weighted by Gasteiger charge is 2.27. The average Bonchev–Trinajstić information content (AvgIpc) is 3.44. The molecular weight excluding hydrogens is 1100 g/mol. The molecule has 5 aromatic carbocycles. The number of nitrogens with zero attached hydrogens (tertiary/aromatic N) is 3. The number of urea groups is 1. The van der Waals surface area contributed by atoms with E-state index in [0.29, 0.717) is 63.2 Å². The lowest BCUT2D eigenvalue weighted by Crippen LogP contribution is -2.49. The number of alkyl carbamates (subject to hydrolysis) is 1. The minimum Gasteiger partial charge on any atom is -0.493 e. The lowest BCUT2D eigenvalue weighted by Gasteiger charge is -2.37. The van der Waals surface area contributed by atoms with Crippen molar-refractivity contribution < 1.29 is 37.3 Å². The van der Waals surface area contributed by atoms with Gasteiger partial charge in [0, 0.05) is 44.8 Å². The summed E-state index contributed by atoms with van der Waals surface area (Å²) in [7, 11) is 5.61. The third-order valence-corrected chi connectivity index (χ3v) is 12.7. The van der Waals surface area contributed by atoms with E-state index in [9.17, 15) is 18.4 Å². The Hall–Kier alpha value is -5.53. The fraction of sp³-hybridized carbons (Fsp3) is 0.484. The summed E-state index contributed by atoms with van der Waals surface area (Å²) in [6.07, 6.45) is 3.86. The number of rotatable bonds is 20. The maximum absolute atomic E-state index is 13.3. The average molecular weight is 1190 g/mol. The Balaban J connectivity index is 0.000000291. The molecule has 0 atom stereocenters. The van der Waals surface area contributed by atoms with Gasteiger partial charge in [0.05, 0.1) is 26.9 Å². The number of halogens is 3. The largest absolute Gasteiger partial charge is 0.493 e. The van der Waals surface area contributed by atoms with E-state index < -0.39 is 6.09 Å². The van der Waals surface area contributed by atoms with Crippen LogP contribution in [0.1, 0.15) is 95.0 Å². The number of amides is 3. The van der Waals surface area contributed by atoms with Crippen LogP contribution in [0, 0.1) is 29.4 Å². The molecule has 3 amide bonds. The Morgan fingerprint density at radius 3 is 1.31 bits per heavy atom. The van der Waals surface area contributed by atoms with Crippen molar-refractivity contribution in [2.75, 3.05) is 67.2 Å². The number of piperidine rings is 2. The van der Waals surface area contributed by atoms with Gasteiger partial charge in [-0.3, -0.25) is 0 Å². The molecule has 430 valence electrons. The van der Waals surface area contributed by atoms with Crippen LogP contribution >= 0.6 is 24.0 Å². The van der Waals surface area contributed by atoms with E-state index >= 15 is 0 Å². The topological polar surface area (TPSA) is 143 Å². The van der Waals surface area contributed by atoms with E-state index in [0.717, 1.165) is 84.1 Å². The van der Waals surface area contributed by atoms with Gasteiger partial charge in [0.1, 0.15) is 28.9 Å². The van der Waals surface area contributed by atoms with Gasteiger partial charge in [-0.05, 0) is 172 Å². The van der Waals surface area contributed by atoms with Gasteiger partial charge in [-0.25, -0.2) is 18.4 Å². The lowest BCUT2D eigenvalue weighted by atomic mass is 10.0. The molecule has 0 unspecified atom stereocenters. The summed E-state index contributed by atoms with van der Waals surface area (Å²) in [5.74, 6) is 3.73. The summed E-state index contributed by atoms with van der Waals surface area (Å²) in [5, 5.41) is 9.21. The van der Waals surface area contributed by atoms with Crippen LogP contribution in [0.3, 0.4) is 0 Å². The Morgan fingerprint density at radius 2 is 0.910 bits per heavy atom. The summed E-state index contributed by atoms with van der Waals surface area (Å²) in [5.41, 5.74) is 10.7. The number of carbonyl (C=O) groups is 2. The monoisotopic (exact) mass is 1190 g/mol. The van der Waals surface area contributed by atoms with Crippen LogP contribution in [0.25, 0.3) is 0 Å². The maximum atomic E-state index is 13.3. The molecule has 7 rings (SSSR count). The standard InChI is InChI=1S/C25H34FN3O2.C13H19FN2.C13H19NO3.C11H17NO.HI/c1-19(2)18-31-24-10-6-20(7-11-24)16-27-25(30)29(23-12-14-28(3)15-13-23)17-21-4-8-22(26)9-5-21;1-16-8-6-13(7-9-16)15-10-11-2-4-12(14)5-3-11;1-10(2)9-17-12-6-4-11(5-7-12)8-14-13(15)16-3;1-9(2)8-13-11-5-3-10(7-12)4-6-11;/h4-11,19,23H,12-18H2,1-3H3,(H,27,30);2-5,13,15H,6-10H2,1H3;4-7,10H,8-9H2,1-3H3,(H,14,15);3-6,9H,7-8,12H2,1-2H3;1H. The predicted octanol–water partition coefficient (Wildman–Crippen LogP) is 12.1. The normalized spacial score (nSPS) is 13.8. The lowest BCUT2D eigenvalue weighted by molar-refractivity contribution is 0.127. The first-order chi connectivity index (χ1) is 37.0. The molecular formula is C62H90F2IN7O6. The number of benzene rings is 5. The van der Waals surface area contributed by atoms with Crippen molar-refractivity contribution in [1.82, 2.24) is 30.7 Å². The first-order valence-electron chi connectivity index (χ1n) is 27.3. The van der Waals surface area contributed by atoms with E-state index in [2.05, 4.69) is 86.1 Å². The van der Waals surface area contributed by atoms with Crippen molar-refractivity contribution in [3.05, 3.63) is 161 Å². The van der Waals surface area contributed by atoms with Gasteiger partial charge in [-0.2, -0.15) is 0 Å². The highest BCUT2D eigenvalue weighted by Crippen LogP contribution is 2.21. The Morgan fingerprint density at radius 1 is 0.551 bits per heavy atom. The van der Waals surface area contributed by atoms with Crippen LogP contribution < -0.4 is 35.9 Å². The quantitative estimate of drug-likeness (QED) is 0.0556. The van der Waals surface area contributed by atoms with Crippen molar-refractivity contribution >= 4 is 36.1 Å². The summed E-state index contributed by atoms with van der Waals surface area (Å²) in [6, 6.07) is 37.2. The van der Waals surface area contributed by atoms with Crippen molar-refractivity contribution in [2.24, 2.45) is 23.5 Å². The first kappa shape index (κ1) is 66.7. The Bertz CT molecular complexity index is 2370. The zero-order valence-electron chi connectivity index (χ0n) is 47.8. The van der Waals surface area contributed by atoms with Gasteiger partial charge in [0.25, 0.3) is 0 Å². The number of carbonyl (C=O) groups excluding carboxylic acids is 2. The van der Waals surface area contributed by atoms with Crippen molar-refractivity contribution in [2.45, 2.75) is 112 Å². The van der Waals surface area contributed by atoms with Gasteiger partial charge in [0.2, 0.25) is 0 Å². The molecule has 2 aliphatic rings. The van der Waals surface area contributed by atoms with E-state index in [1.165, 1.54) is 57.3 Å². The van der Waals surface area contributed by atoms with Gasteiger partial charge in [0.15, 0.2) is 0 Å². The number of hydrogen-bond donors (Lipinski definition) is 4. The fourth-order valence-corrected chi connectivity index (χ4v) is 7.98. The third-order valence-electron chi connectivity index (χ3n) is 12.7.